The number of hydrogen-bond acceptors (Lipinski definition) is 3. The van der Waals surface area contributed by atoms with Crippen LogP contribution < -0.4 is 9.79 Å². The van der Waals surface area contributed by atoms with E-state index >= 15 is 0 Å². The molecule has 0 aromatic rings. The van der Waals surface area contributed by atoms with Gasteiger partial charge in [0.1, 0.15) is 0 Å². The first-order valence-electron chi connectivity index (χ1n) is 0.748. The molecule has 0 aliphatic rings. The van der Waals surface area contributed by atoms with Crippen molar-refractivity contribution in [1.29, 1.82) is 0 Å². The van der Waals surface area contributed by atoms with E-state index in [2.05, 4.69) is 0 Å². The topological polar surface area (TPSA) is 83.4 Å². The van der Waals surface area contributed by atoms with Gasteiger partial charge in [0.2, 0.25) is 0 Å². The van der Waals surface area contributed by atoms with Gasteiger partial charge >= 0.3 is 48.9 Å². The SMILES string of the molecule is O=P([O-])([O-])O.[Ba+2]. The van der Waals surface area contributed by atoms with Crippen LogP contribution in [0.3, 0.4) is 0 Å². The summed E-state index contributed by atoms with van der Waals surface area (Å²) in [4.78, 5) is 24.3. The predicted octanol–water partition coefficient (Wildman–Crippen LogP) is -2.57. The zero-order valence-electron chi connectivity index (χ0n) is 2.83. The van der Waals surface area contributed by atoms with Crippen molar-refractivity contribution in [1.82, 2.24) is 0 Å². The van der Waals surface area contributed by atoms with Crippen LogP contribution in [0.1, 0.15) is 0 Å². The van der Waals surface area contributed by atoms with Crippen LogP contribution in [0, 0.1) is 0 Å². The van der Waals surface area contributed by atoms with Gasteiger partial charge < -0.3 is 19.2 Å². The normalized spacial score (nSPS) is 9.83. The van der Waals surface area contributed by atoms with Crippen molar-refractivity contribution in [2.45, 2.75) is 0 Å². The maximum atomic E-state index is 8.66. The van der Waals surface area contributed by atoms with Gasteiger partial charge in [-0.15, -0.1) is 0 Å². The molecule has 0 amide bonds. The maximum Gasteiger partial charge on any atom is 2.00 e. The molecule has 4 nitrogen and oxygen atoms in total. The first-order valence-corrected chi connectivity index (χ1v) is 2.24. The molecule has 0 spiro atoms. The molecule has 6 heavy (non-hydrogen) atoms. The molecule has 0 bridgehead atoms. The Balaban J connectivity index is 0. The summed E-state index contributed by atoms with van der Waals surface area (Å²) in [5.41, 5.74) is 0. The molecule has 0 saturated heterocycles. The molecule has 32 valence electrons. The fourth-order valence-electron chi connectivity index (χ4n) is 0. The van der Waals surface area contributed by atoms with E-state index in [4.69, 9.17) is 19.2 Å². The Morgan fingerprint density at radius 1 is 1.50 bits per heavy atom. The molecule has 0 atom stereocenters. The molecule has 0 aromatic heterocycles. The van der Waals surface area contributed by atoms with E-state index in [-0.39, 0.29) is 48.9 Å². The molecular formula is HBaO4P. The largest absolute Gasteiger partial charge is 2.00 e. The first-order chi connectivity index (χ1) is 2.00. The fourth-order valence-corrected chi connectivity index (χ4v) is 0. The number of phosphoric acid groups is 1. The summed E-state index contributed by atoms with van der Waals surface area (Å²) in [5.74, 6) is 0. The van der Waals surface area contributed by atoms with Crippen LogP contribution in [0.2, 0.25) is 0 Å². The minimum Gasteiger partial charge on any atom is -0.790 e. The van der Waals surface area contributed by atoms with Crippen molar-refractivity contribution in [2.24, 2.45) is 0 Å². The monoisotopic (exact) mass is 234 g/mol. The van der Waals surface area contributed by atoms with Gasteiger partial charge in [0.05, 0.1) is 7.82 Å². The Hall–Kier alpha value is 1.68. The van der Waals surface area contributed by atoms with Gasteiger partial charge in [-0.05, 0) is 0 Å². The second-order valence-electron chi connectivity index (χ2n) is 0.469. The van der Waals surface area contributed by atoms with Gasteiger partial charge in [0, 0.05) is 0 Å². The third kappa shape index (κ3) is 44.0. The fraction of sp³-hybridized carbons (Fsp3) is 0. The van der Waals surface area contributed by atoms with Gasteiger partial charge in [0.15, 0.2) is 0 Å². The summed E-state index contributed by atoms with van der Waals surface area (Å²) in [6.07, 6.45) is 0. The third-order valence-corrected chi connectivity index (χ3v) is 0. The Kier molecular flexibility index (Phi) is 6.47. The van der Waals surface area contributed by atoms with Crippen LogP contribution in [0.25, 0.3) is 0 Å². The average molecular weight is 233 g/mol. The van der Waals surface area contributed by atoms with E-state index in [0.717, 1.165) is 0 Å². The van der Waals surface area contributed by atoms with Crippen molar-refractivity contribution in [3.05, 3.63) is 0 Å². The number of rotatable bonds is 0. The molecule has 0 aromatic carbocycles. The van der Waals surface area contributed by atoms with E-state index in [9.17, 15) is 0 Å². The van der Waals surface area contributed by atoms with Crippen molar-refractivity contribution in [2.75, 3.05) is 0 Å². The zero-order chi connectivity index (χ0) is 4.50. The average Bonchev–Trinajstić information content (AvgIpc) is 0.722. The van der Waals surface area contributed by atoms with Gasteiger partial charge in [-0.1, -0.05) is 0 Å². The minimum atomic E-state index is -5.14. The van der Waals surface area contributed by atoms with E-state index in [1.807, 2.05) is 0 Å². The van der Waals surface area contributed by atoms with Gasteiger partial charge in [-0.25, -0.2) is 0 Å². The van der Waals surface area contributed by atoms with Gasteiger partial charge in [0.25, 0.3) is 0 Å². The van der Waals surface area contributed by atoms with Crippen molar-refractivity contribution >= 4 is 56.7 Å². The van der Waals surface area contributed by atoms with Crippen LogP contribution in [0.15, 0.2) is 0 Å². The van der Waals surface area contributed by atoms with E-state index in [1.165, 1.54) is 0 Å². The minimum absolute atomic E-state index is 0. The van der Waals surface area contributed by atoms with Gasteiger partial charge in [-0.3, -0.25) is 0 Å². The summed E-state index contributed by atoms with van der Waals surface area (Å²) < 4.78 is 8.66. The Bertz CT molecular complexity index is 53.7. The van der Waals surface area contributed by atoms with Crippen molar-refractivity contribution in [3.8, 4) is 0 Å². The van der Waals surface area contributed by atoms with Crippen LogP contribution in [0.5, 0.6) is 0 Å². The van der Waals surface area contributed by atoms with E-state index < -0.39 is 7.82 Å². The molecule has 0 aliphatic heterocycles. The van der Waals surface area contributed by atoms with E-state index in [0.29, 0.717) is 0 Å². The van der Waals surface area contributed by atoms with E-state index in [1.54, 1.807) is 0 Å². The smallest absolute Gasteiger partial charge is 0.790 e. The Labute approximate surface area is 74.9 Å². The molecule has 0 aliphatic carbocycles. The molecular weight excluding hydrogens is 232 g/mol. The van der Waals surface area contributed by atoms with Gasteiger partial charge in [-0.2, -0.15) is 0 Å². The van der Waals surface area contributed by atoms with Crippen molar-refractivity contribution in [3.63, 3.8) is 0 Å². The number of hydrogen-bond donors (Lipinski definition) is 1. The van der Waals surface area contributed by atoms with Crippen molar-refractivity contribution < 1.29 is 19.2 Å². The zero-order valence-corrected chi connectivity index (χ0v) is 8.16. The summed E-state index contributed by atoms with van der Waals surface area (Å²) >= 11 is 0. The second kappa shape index (κ2) is 3.66. The van der Waals surface area contributed by atoms with Crippen LogP contribution in [0.4, 0.5) is 0 Å². The third-order valence-electron chi connectivity index (χ3n) is 0. The van der Waals surface area contributed by atoms with Crippen LogP contribution in [-0.2, 0) is 4.57 Å². The Morgan fingerprint density at radius 2 is 1.50 bits per heavy atom. The molecule has 1 N–H and O–H groups in total. The molecule has 0 fully saturated rings. The summed E-state index contributed by atoms with van der Waals surface area (Å²) in [7, 11) is -5.14. The predicted molar refractivity (Wildman–Crippen MR) is 15.6 cm³/mol. The molecule has 0 heterocycles. The molecule has 0 unspecified atom stereocenters. The first kappa shape index (κ1) is 10.6. The summed E-state index contributed by atoms with van der Waals surface area (Å²) in [6.45, 7) is 0. The molecule has 0 rings (SSSR count). The quantitative estimate of drug-likeness (QED) is 0.368. The summed E-state index contributed by atoms with van der Waals surface area (Å²) in [6, 6.07) is 0. The maximum absolute atomic E-state index is 8.66. The van der Waals surface area contributed by atoms with Crippen LogP contribution >= 0.6 is 7.82 Å². The Morgan fingerprint density at radius 3 is 1.50 bits per heavy atom. The standard InChI is InChI=1S/Ba.H3O4P/c;1-5(2,3)4/h;(H3,1,2,3,4)/q+2;/p-2. The molecule has 0 saturated carbocycles. The molecule has 0 radical (unpaired) electrons. The second-order valence-corrected chi connectivity index (χ2v) is 1.41. The summed E-state index contributed by atoms with van der Waals surface area (Å²) in [5, 5.41) is 0. The van der Waals surface area contributed by atoms with Crippen LogP contribution in [-0.4, -0.2) is 53.8 Å². The molecule has 6 heteroatoms.